The van der Waals surface area contributed by atoms with Gasteiger partial charge in [0, 0.05) is 67.4 Å². The number of nitrogens with zero attached hydrogens (tertiary/aromatic N) is 4. The van der Waals surface area contributed by atoms with Gasteiger partial charge in [0.05, 0.1) is 18.9 Å². The van der Waals surface area contributed by atoms with Crippen LogP contribution >= 0.6 is 0 Å². The predicted octanol–water partition coefficient (Wildman–Crippen LogP) is 2.95. The van der Waals surface area contributed by atoms with E-state index in [1.165, 1.54) is 11.3 Å². The first-order chi connectivity index (χ1) is 16.2. The van der Waals surface area contributed by atoms with E-state index in [9.17, 15) is 4.79 Å². The molecule has 0 spiro atoms. The monoisotopic (exact) mass is 449 g/mol. The number of hydrogen-bond donors (Lipinski definition) is 1. The molecule has 1 amide bonds. The Morgan fingerprint density at radius 1 is 1.27 bits per heavy atom. The number of hydrogen-bond acceptors (Lipinski definition) is 6. The summed E-state index contributed by atoms with van der Waals surface area (Å²) in [5, 5.41) is 12.2. The second-order valence-electron chi connectivity index (χ2n) is 8.83. The van der Waals surface area contributed by atoms with Crippen LogP contribution in [-0.2, 0) is 42.1 Å². The lowest BCUT2D eigenvalue weighted by molar-refractivity contribution is -0.121. The van der Waals surface area contributed by atoms with Gasteiger partial charge >= 0.3 is 0 Å². The Balaban J connectivity index is 1.13. The van der Waals surface area contributed by atoms with Gasteiger partial charge < -0.3 is 14.6 Å². The number of aromatic nitrogens is 3. The molecule has 174 valence electrons. The first-order valence-corrected chi connectivity index (χ1v) is 11.9. The summed E-state index contributed by atoms with van der Waals surface area (Å²) in [4.78, 5) is 15.0. The molecule has 1 saturated heterocycles. The molecule has 0 bridgehead atoms. The Labute approximate surface area is 193 Å². The highest BCUT2D eigenvalue weighted by molar-refractivity contribution is 5.77. The van der Waals surface area contributed by atoms with Crippen LogP contribution in [0.15, 0.2) is 41.1 Å². The summed E-state index contributed by atoms with van der Waals surface area (Å²) >= 11 is 0. The van der Waals surface area contributed by atoms with Crippen molar-refractivity contribution in [3.05, 3.63) is 59.1 Å². The van der Waals surface area contributed by atoms with Crippen molar-refractivity contribution < 1.29 is 14.1 Å². The molecule has 5 rings (SSSR count). The van der Waals surface area contributed by atoms with Gasteiger partial charge in [0.15, 0.2) is 0 Å². The minimum absolute atomic E-state index is 0.0723. The lowest BCUT2D eigenvalue weighted by atomic mass is 10.0. The van der Waals surface area contributed by atoms with Crippen molar-refractivity contribution >= 4 is 5.91 Å². The molecule has 0 radical (unpaired) electrons. The van der Waals surface area contributed by atoms with E-state index in [0.717, 1.165) is 68.1 Å². The number of rotatable bonds is 8. The molecule has 1 fully saturated rings. The summed E-state index contributed by atoms with van der Waals surface area (Å²) in [6, 6.07) is 10.1. The lowest BCUT2D eigenvalue weighted by Gasteiger charge is -2.18. The molecule has 1 atom stereocenters. The first kappa shape index (κ1) is 21.9. The van der Waals surface area contributed by atoms with Gasteiger partial charge in [0.2, 0.25) is 5.91 Å². The van der Waals surface area contributed by atoms with Gasteiger partial charge in [-0.2, -0.15) is 5.10 Å². The summed E-state index contributed by atoms with van der Waals surface area (Å²) in [6.45, 7) is 7.08. The molecule has 33 heavy (non-hydrogen) atoms. The summed E-state index contributed by atoms with van der Waals surface area (Å²) < 4.78 is 13.0. The van der Waals surface area contributed by atoms with Crippen molar-refractivity contribution in [1.82, 2.24) is 25.2 Å². The fourth-order valence-corrected chi connectivity index (χ4v) is 4.89. The number of likely N-dealkylation sites (tertiary alicyclic amines) is 1. The number of carbonyl (C=O) groups excluding carboxylic acids is 1. The number of fused-ring (bicyclic) bond motifs is 1. The summed E-state index contributed by atoms with van der Waals surface area (Å²) in [5.74, 6) is 0.0723. The summed E-state index contributed by atoms with van der Waals surface area (Å²) in [5.41, 5.74) is 6.49. The Hall–Kier alpha value is -2.97. The van der Waals surface area contributed by atoms with E-state index in [1.54, 1.807) is 6.26 Å². The van der Waals surface area contributed by atoms with Gasteiger partial charge in [-0.05, 0) is 19.8 Å². The van der Waals surface area contributed by atoms with Crippen LogP contribution < -0.4 is 5.32 Å². The highest BCUT2D eigenvalue weighted by atomic mass is 16.5. The van der Waals surface area contributed by atoms with Crippen molar-refractivity contribution in [2.45, 2.75) is 58.3 Å². The van der Waals surface area contributed by atoms with E-state index in [2.05, 4.69) is 27.0 Å². The Bertz CT molecular complexity index is 1090. The van der Waals surface area contributed by atoms with Gasteiger partial charge in [-0.1, -0.05) is 35.5 Å². The van der Waals surface area contributed by atoms with Gasteiger partial charge in [0.25, 0.3) is 0 Å². The van der Waals surface area contributed by atoms with Crippen molar-refractivity contribution in [2.75, 3.05) is 19.7 Å². The molecule has 0 saturated carbocycles. The van der Waals surface area contributed by atoms with Crippen molar-refractivity contribution in [3.8, 4) is 11.3 Å². The van der Waals surface area contributed by atoms with E-state index in [-0.39, 0.29) is 11.9 Å². The third-order valence-electron chi connectivity index (χ3n) is 6.60. The number of amides is 1. The number of benzene rings is 1. The third-order valence-corrected chi connectivity index (χ3v) is 6.60. The van der Waals surface area contributed by atoms with Crippen LogP contribution in [0.2, 0.25) is 0 Å². The zero-order chi connectivity index (χ0) is 22.6. The van der Waals surface area contributed by atoms with E-state index in [1.807, 2.05) is 30.3 Å². The largest absolute Gasteiger partial charge is 0.376 e. The standard InChI is InChI=1S/C25H31N5O3/c1-2-30-23-11-13-32-17-21(23)22(27-30)15-29-12-10-20(14-29)26-24(31)9-8-19-16-33-28-25(19)18-6-4-3-5-7-18/h3-7,16,20H,2,8-15,17H2,1H3,(H,26,31). The maximum Gasteiger partial charge on any atom is 0.220 e. The number of nitrogens with one attached hydrogen (secondary N) is 1. The average Bonchev–Trinajstić information content (AvgIpc) is 3.58. The maximum absolute atomic E-state index is 12.6. The Morgan fingerprint density at radius 3 is 3.00 bits per heavy atom. The van der Waals surface area contributed by atoms with Crippen molar-refractivity contribution in [2.24, 2.45) is 0 Å². The molecular weight excluding hydrogens is 418 g/mol. The molecule has 1 N–H and O–H groups in total. The van der Waals surface area contributed by atoms with E-state index < -0.39 is 0 Å². The van der Waals surface area contributed by atoms with E-state index in [0.29, 0.717) is 19.4 Å². The highest BCUT2D eigenvalue weighted by Gasteiger charge is 2.27. The van der Waals surface area contributed by atoms with Crippen molar-refractivity contribution in [3.63, 3.8) is 0 Å². The van der Waals surface area contributed by atoms with E-state index in [4.69, 9.17) is 14.4 Å². The van der Waals surface area contributed by atoms with Crippen LogP contribution in [0.1, 0.15) is 42.3 Å². The molecule has 4 heterocycles. The van der Waals surface area contributed by atoms with Gasteiger partial charge in [0.1, 0.15) is 12.0 Å². The molecule has 1 aromatic carbocycles. The predicted molar refractivity (Wildman–Crippen MR) is 123 cm³/mol. The second kappa shape index (κ2) is 9.89. The van der Waals surface area contributed by atoms with Crippen LogP contribution in [0.3, 0.4) is 0 Å². The topological polar surface area (TPSA) is 85.4 Å². The van der Waals surface area contributed by atoms with Gasteiger partial charge in [-0.25, -0.2) is 0 Å². The summed E-state index contributed by atoms with van der Waals surface area (Å²) in [6.07, 6.45) is 4.57. The SMILES string of the molecule is CCn1nc(CN2CCC(NC(=O)CCc3conc3-c3ccccc3)C2)c2c1CCOC2. The fraction of sp³-hybridized carbons (Fsp3) is 0.480. The zero-order valence-electron chi connectivity index (χ0n) is 19.1. The zero-order valence-corrected chi connectivity index (χ0v) is 19.1. The molecule has 1 unspecified atom stereocenters. The van der Waals surface area contributed by atoms with Crippen LogP contribution in [0.25, 0.3) is 11.3 Å². The minimum atomic E-state index is 0.0723. The average molecular weight is 450 g/mol. The van der Waals surface area contributed by atoms with Gasteiger partial charge in [-0.3, -0.25) is 14.4 Å². The van der Waals surface area contributed by atoms with Crippen molar-refractivity contribution in [1.29, 1.82) is 0 Å². The molecule has 3 aromatic rings. The molecule has 2 aliphatic heterocycles. The molecule has 8 heteroatoms. The molecule has 8 nitrogen and oxygen atoms in total. The smallest absolute Gasteiger partial charge is 0.220 e. The second-order valence-corrected chi connectivity index (χ2v) is 8.83. The molecule has 2 aliphatic rings. The molecular formula is C25H31N5O3. The fourth-order valence-electron chi connectivity index (χ4n) is 4.89. The number of ether oxygens (including phenoxy) is 1. The van der Waals surface area contributed by atoms with Crippen LogP contribution in [0.5, 0.6) is 0 Å². The number of carbonyl (C=O) groups is 1. The first-order valence-electron chi connectivity index (χ1n) is 11.9. The summed E-state index contributed by atoms with van der Waals surface area (Å²) in [7, 11) is 0. The Kier molecular flexibility index (Phi) is 6.55. The Morgan fingerprint density at radius 2 is 2.15 bits per heavy atom. The van der Waals surface area contributed by atoms with E-state index >= 15 is 0 Å². The normalized spacial score (nSPS) is 18.4. The number of aryl methyl sites for hydroxylation is 2. The lowest BCUT2D eigenvalue weighted by Crippen LogP contribution is -2.37. The minimum Gasteiger partial charge on any atom is -0.376 e. The quantitative estimate of drug-likeness (QED) is 0.569. The van der Waals surface area contributed by atoms with Crippen LogP contribution in [-0.4, -0.2) is 51.5 Å². The van der Waals surface area contributed by atoms with Crippen LogP contribution in [0.4, 0.5) is 0 Å². The third kappa shape index (κ3) is 4.86. The van der Waals surface area contributed by atoms with Gasteiger partial charge in [-0.15, -0.1) is 0 Å². The highest BCUT2D eigenvalue weighted by Crippen LogP contribution is 2.24. The molecule has 0 aliphatic carbocycles. The molecule has 2 aromatic heterocycles. The maximum atomic E-state index is 12.6. The van der Waals surface area contributed by atoms with Crippen LogP contribution in [0, 0.1) is 0 Å².